The van der Waals surface area contributed by atoms with Gasteiger partial charge >= 0.3 is 12.1 Å². The third-order valence-electron chi connectivity index (χ3n) is 5.42. The Balaban J connectivity index is 1.75. The number of aromatic nitrogens is 1. The molecule has 0 aliphatic carbocycles. The maximum atomic E-state index is 12.8. The van der Waals surface area contributed by atoms with E-state index in [1.807, 2.05) is 32.9 Å². The normalized spacial score (nSPS) is 19.0. The van der Waals surface area contributed by atoms with Crippen LogP contribution in [0, 0.1) is 26.7 Å². The molecule has 0 radical (unpaired) electrons. The predicted molar refractivity (Wildman–Crippen MR) is 114 cm³/mol. The van der Waals surface area contributed by atoms with Gasteiger partial charge in [0.2, 0.25) is 5.03 Å². The van der Waals surface area contributed by atoms with Gasteiger partial charge in [-0.3, -0.25) is 0 Å². The Hall–Kier alpha value is -2.52. The second-order valence-electron chi connectivity index (χ2n) is 8.12. The molecular weight excluding hydrogens is 443 g/mol. The van der Waals surface area contributed by atoms with Crippen LogP contribution >= 0.6 is 0 Å². The highest BCUT2D eigenvalue weighted by molar-refractivity contribution is 7.91. The highest BCUT2D eigenvalue weighted by Gasteiger charge is 2.37. The van der Waals surface area contributed by atoms with Gasteiger partial charge < -0.3 is 14.4 Å². The van der Waals surface area contributed by atoms with E-state index in [1.54, 1.807) is 6.92 Å². The van der Waals surface area contributed by atoms with E-state index in [-0.39, 0.29) is 28.5 Å². The van der Waals surface area contributed by atoms with Crippen molar-refractivity contribution < 1.29 is 32.4 Å². The first-order chi connectivity index (χ1) is 14.9. The summed E-state index contributed by atoms with van der Waals surface area (Å²) in [5, 5.41) is 10.7. The number of aliphatic hydroxyl groups is 1. The van der Waals surface area contributed by atoms with Crippen LogP contribution in [0.4, 0.5) is 13.2 Å². The van der Waals surface area contributed by atoms with E-state index < -0.39 is 40.9 Å². The predicted octanol–water partition coefficient (Wildman–Crippen LogP) is 5.05. The first kappa shape index (κ1) is 24.1. The van der Waals surface area contributed by atoms with E-state index >= 15 is 0 Å². The summed E-state index contributed by atoms with van der Waals surface area (Å²) in [5.41, 5.74) is 2.59. The van der Waals surface area contributed by atoms with Crippen LogP contribution in [-0.2, 0) is 26.9 Å². The highest BCUT2D eigenvalue weighted by atomic mass is 32.2. The fourth-order valence-corrected chi connectivity index (χ4v) is 5.15. The molecule has 5 nitrogen and oxygen atoms in total. The molecule has 0 bridgehead atoms. The number of nitrogens with zero attached hydrogens (tertiary/aromatic N) is 1. The molecule has 1 aliphatic rings. The SMILES string of the molecule is Cc1cc(C)c(C2=C(O)CC(C(C)C[S+]([O-])c3ccc(C(F)(F)F)cn3)OC2=O)c(C)c1. The summed E-state index contributed by atoms with van der Waals surface area (Å²) in [7, 11) is 0. The number of pyridine rings is 1. The molecule has 1 aliphatic heterocycles. The Labute approximate surface area is 187 Å². The molecule has 3 rings (SSSR count). The largest absolute Gasteiger partial charge is 0.610 e. The lowest BCUT2D eigenvalue weighted by Crippen LogP contribution is -2.34. The second-order valence-corrected chi connectivity index (χ2v) is 9.56. The lowest BCUT2D eigenvalue weighted by Gasteiger charge is -2.29. The average Bonchev–Trinajstić information content (AvgIpc) is 2.68. The summed E-state index contributed by atoms with van der Waals surface area (Å²) in [6.07, 6.45) is -4.53. The van der Waals surface area contributed by atoms with Crippen LogP contribution in [0.3, 0.4) is 0 Å². The molecule has 1 aromatic heterocycles. The Bertz CT molecular complexity index is 1030. The van der Waals surface area contributed by atoms with E-state index in [0.29, 0.717) is 11.8 Å². The van der Waals surface area contributed by atoms with Crippen LogP contribution in [0.5, 0.6) is 0 Å². The number of aliphatic hydroxyl groups excluding tert-OH is 1. The van der Waals surface area contributed by atoms with E-state index in [2.05, 4.69) is 4.98 Å². The van der Waals surface area contributed by atoms with Crippen LogP contribution in [-0.4, -0.2) is 32.5 Å². The van der Waals surface area contributed by atoms with Gasteiger partial charge in [0.25, 0.3) is 0 Å². The number of esters is 1. The maximum absolute atomic E-state index is 12.8. The Kier molecular flexibility index (Phi) is 6.90. The quantitative estimate of drug-likeness (QED) is 0.491. The lowest BCUT2D eigenvalue weighted by atomic mass is 9.89. The highest BCUT2D eigenvalue weighted by Crippen LogP contribution is 2.35. The summed E-state index contributed by atoms with van der Waals surface area (Å²) in [6.45, 7) is 7.37. The minimum Gasteiger partial charge on any atom is -0.610 e. The van der Waals surface area contributed by atoms with E-state index in [1.165, 1.54) is 0 Å². The molecule has 172 valence electrons. The molecule has 0 saturated heterocycles. The van der Waals surface area contributed by atoms with Gasteiger partial charge in [-0.25, -0.2) is 9.78 Å². The van der Waals surface area contributed by atoms with Gasteiger partial charge in [0.1, 0.15) is 23.2 Å². The number of ether oxygens (including phenoxy) is 1. The van der Waals surface area contributed by atoms with Crippen LogP contribution in [0.15, 0.2) is 41.2 Å². The topological polar surface area (TPSA) is 82.5 Å². The smallest absolute Gasteiger partial charge is 0.417 e. The molecule has 1 aromatic carbocycles. The van der Waals surface area contributed by atoms with Crippen molar-refractivity contribution in [2.75, 3.05) is 5.75 Å². The van der Waals surface area contributed by atoms with Gasteiger partial charge in [-0.15, -0.1) is 0 Å². The summed E-state index contributed by atoms with van der Waals surface area (Å²) < 4.78 is 56.2. The summed E-state index contributed by atoms with van der Waals surface area (Å²) >= 11 is -1.69. The number of aryl methyl sites for hydroxylation is 3. The number of halogens is 3. The first-order valence-corrected chi connectivity index (χ1v) is 11.3. The van der Waals surface area contributed by atoms with Crippen LogP contribution in [0.1, 0.15) is 41.2 Å². The van der Waals surface area contributed by atoms with E-state index in [0.717, 1.165) is 28.8 Å². The molecular formula is C23H24F3NO4S. The molecule has 0 amide bonds. The third kappa shape index (κ3) is 5.10. The first-order valence-electron chi connectivity index (χ1n) is 10.0. The van der Waals surface area contributed by atoms with Gasteiger partial charge in [0, 0.05) is 35.8 Å². The lowest BCUT2D eigenvalue weighted by molar-refractivity contribution is -0.145. The molecule has 9 heteroatoms. The maximum Gasteiger partial charge on any atom is 0.417 e. The molecule has 0 spiro atoms. The Morgan fingerprint density at radius 3 is 2.38 bits per heavy atom. The number of rotatable bonds is 5. The fraction of sp³-hybridized carbons (Fsp3) is 0.391. The van der Waals surface area contributed by atoms with Crippen molar-refractivity contribution in [2.24, 2.45) is 5.92 Å². The van der Waals surface area contributed by atoms with Crippen LogP contribution in [0.2, 0.25) is 0 Å². The molecule has 3 atom stereocenters. The molecule has 3 unspecified atom stereocenters. The molecule has 0 saturated carbocycles. The van der Waals surface area contributed by atoms with Gasteiger partial charge in [-0.05, 0) is 43.5 Å². The van der Waals surface area contributed by atoms with E-state index in [9.17, 15) is 27.6 Å². The van der Waals surface area contributed by atoms with Crippen LogP contribution in [0.25, 0.3) is 5.57 Å². The molecule has 0 fully saturated rings. The van der Waals surface area contributed by atoms with Gasteiger partial charge in [-0.2, -0.15) is 13.2 Å². The third-order valence-corrected chi connectivity index (χ3v) is 6.96. The van der Waals surface area contributed by atoms with Gasteiger partial charge in [-0.1, -0.05) is 24.6 Å². The summed E-state index contributed by atoms with van der Waals surface area (Å²) in [6, 6.07) is 5.76. The van der Waals surface area contributed by atoms with Gasteiger partial charge in [0.15, 0.2) is 0 Å². The van der Waals surface area contributed by atoms with Crippen molar-refractivity contribution in [1.82, 2.24) is 4.98 Å². The van der Waals surface area contributed by atoms with Crippen molar-refractivity contribution in [1.29, 1.82) is 0 Å². The Morgan fingerprint density at radius 1 is 1.25 bits per heavy atom. The molecule has 2 heterocycles. The van der Waals surface area contributed by atoms with Gasteiger partial charge in [0.05, 0.1) is 5.56 Å². The van der Waals surface area contributed by atoms with Crippen LogP contribution < -0.4 is 0 Å². The minimum absolute atomic E-state index is 0.0124. The monoisotopic (exact) mass is 467 g/mol. The molecule has 2 aromatic rings. The zero-order chi connectivity index (χ0) is 23.8. The van der Waals surface area contributed by atoms with Crippen molar-refractivity contribution in [3.8, 4) is 0 Å². The number of carbonyl (C=O) groups is 1. The zero-order valence-corrected chi connectivity index (χ0v) is 18.9. The second kappa shape index (κ2) is 9.15. The summed E-state index contributed by atoms with van der Waals surface area (Å²) in [5.74, 6) is -1.15. The van der Waals surface area contributed by atoms with Crippen molar-refractivity contribution in [3.05, 3.63) is 64.0 Å². The van der Waals surface area contributed by atoms with E-state index in [4.69, 9.17) is 4.74 Å². The zero-order valence-electron chi connectivity index (χ0n) is 18.1. The minimum atomic E-state index is -4.52. The Morgan fingerprint density at radius 2 is 1.88 bits per heavy atom. The number of hydrogen-bond donors (Lipinski definition) is 1. The fourth-order valence-electron chi connectivity index (χ4n) is 3.90. The number of cyclic esters (lactones) is 1. The summed E-state index contributed by atoms with van der Waals surface area (Å²) in [4.78, 5) is 16.4. The molecule has 1 N–H and O–H groups in total. The standard InChI is InChI=1S/C23H24F3NO4S/c1-12-7-13(2)20(14(3)8-12)21-17(28)9-18(31-22(21)29)15(4)11-32(30)19-6-5-16(10-27-19)23(24,25)26/h5-8,10,15,18,28H,9,11H2,1-4H3. The average molecular weight is 468 g/mol. The van der Waals surface area contributed by atoms with Crippen molar-refractivity contribution in [3.63, 3.8) is 0 Å². The number of benzene rings is 1. The number of hydrogen-bond acceptors (Lipinski definition) is 5. The van der Waals surface area contributed by atoms with Crippen molar-refractivity contribution >= 4 is 22.7 Å². The van der Waals surface area contributed by atoms with Crippen molar-refractivity contribution in [2.45, 2.75) is 51.4 Å². The number of carbonyl (C=O) groups excluding carboxylic acids is 1. The molecule has 32 heavy (non-hydrogen) atoms. The number of alkyl halides is 3.